The van der Waals surface area contributed by atoms with Crippen LogP contribution in [0.15, 0.2) is 18.2 Å². The Labute approximate surface area is 104 Å². The predicted molar refractivity (Wildman–Crippen MR) is 64.5 cm³/mol. The van der Waals surface area contributed by atoms with E-state index in [1.807, 2.05) is 0 Å². The average molecular weight is 247 g/mol. The molecule has 0 aliphatic heterocycles. The highest BCUT2D eigenvalue weighted by molar-refractivity contribution is 6.12. The first kappa shape index (κ1) is 12.4. The Bertz CT molecular complexity index is 536. The normalized spacial score (nSPS) is 18.9. The minimum atomic E-state index is -0.551. The predicted octanol–water partition coefficient (Wildman–Crippen LogP) is 2.46. The van der Waals surface area contributed by atoms with Crippen LogP contribution in [-0.4, -0.2) is 16.5 Å². The van der Waals surface area contributed by atoms with Gasteiger partial charge in [-0.2, -0.15) is 0 Å². The van der Waals surface area contributed by atoms with Gasteiger partial charge in [-0.3, -0.25) is 19.7 Å². The van der Waals surface area contributed by atoms with Crippen molar-refractivity contribution in [1.82, 2.24) is 0 Å². The van der Waals surface area contributed by atoms with Crippen molar-refractivity contribution < 1.29 is 14.5 Å². The molecule has 1 aliphatic rings. The number of rotatable bonds is 3. The van der Waals surface area contributed by atoms with Crippen LogP contribution in [-0.2, 0) is 4.79 Å². The molecule has 1 atom stereocenters. The monoisotopic (exact) mass is 247 g/mol. The summed E-state index contributed by atoms with van der Waals surface area (Å²) in [6.45, 7) is 1.65. The molecule has 0 aromatic heterocycles. The van der Waals surface area contributed by atoms with E-state index in [-0.39, 0.29) is 17.3 Å². The molecule has 18 heavy (non-hydrogen) atoms. The molecule has 1 fully saturated rings. The molecule has 1 aromatic rings. The van der Waals surface area contributed by atoms with Gasteiger partial charge < -0.3 is 0 Å². The minimum absolute atomic E-state index is 0.0160. The van der Waals surface area contributed by atoms with Crippen LogP contribution < -0.4 is 0 Å². The molecule has 0 saturated heterocycles. The van der Waals surface area contributed by atoms with Gasteiger partial charge in [0.1, 0.15) is 5.78 Å². The molecule has 1 unspecified atom stereocenters. The molecule has 0 spiro atoms. The summed E-state index contributed by atoms with van der Waals surface area (Å²) in [6.07, 6.45) is 1.80. The number of benzene rings is 1. The highest BCUT2D eigenvalue weighted by atomic mass is 16.6. The van der Waals surface area contributed by atoms with E-state index in [4.69, 9.17) is 0 Å². The lowest BCUT2D eigenvalue weighted by atomic mass is 9.92. The van der Waals surface area contributed by atoms with Crippen LogP contribution in [0.25, 0.3) is 0 Å². The van der Waals surface area contributed by atoms with Gasteiger partial charge in [-0.05, 0) is 31.4 Å². The third-order valence-corrected chi connectivity index (χ3v) is 3.31. The zero-order valence-corrected chi connectivity index (χ0v) is 10.0. The maximum absolute atomic E-state index is 12.2. The van der Waals surface area contributed by atoms with Crippen molar-refractivity contribution in [2.45, 2.75) is 26.2 Å². The molecular weight excluding hydrogens is 234 g/mol. The fourth-order valence-electron chi connectivity index (χ4n) is 2.32. The smallest absolute Gasteiger partial charge is 0.269 e. The SMILES string of the molecule is Cc1cc([N+](=O)[O-])ccc1C(=O)C1CCCC1=O. The highest BCUT2D eigenvalue weighted by Gasteiger charge is 2.32. The summed E-state index contributed by atoms with van der Waals surface area (Å²) in [5.74, 6) is -0.771. The van der Waals surface area contributed by atoms with Crippen molar-refractivity contribution >= 4 is 17.3 Å². The fraction of sp³-hybridized carbons (Fsp3) is 0.385. The van der Waals surface area contributed by atoms with Crippen molar-refractivity contribution in [1.29, 1.82) is 0 Å². The summed E-state index contributed by atoms with van der Waals surface area (Å²) in [4.78, 5) is 33.8. The Morgan fingerprint density at radius 3 is 2.67 bits per heavy atom. The van der Waals surface area contributed by atoms with E-state index in [1.165, 1.54) is 18.2 Å². The topological polar surface area (TPSA) is 77.3 Å². The average Bonchev–Trinajstić information content (AvgIpc) is 2.74. The maximum atomic E-state index is 12.2. The van der Waals surface area contributed by atoms with Crippen LogP contribution in [0.5, 0.6) is 0 Å². The highest BCUT2D eigenvalue weighted by Crippen LogP contribution is 2.27. The Morgan fingerprint density at radius 1 is 1.44 bits per heavy atom. The number of ketones is 2. The molecule has 0 amide bonds. The van der Waals surface area contributed by atoms with E-state index in [2.05, 4.69) is 0 Å². The molecule has 1 saturated carbocycles. The Balaban J connectivity index is 2.31. The number of hydrogen-bond donors (Lipinski definition) is 0. The first-order valence-electron chi connectivity index (χ1n) is 5.82. The minimum Gasteiger partial charge on any atom is -0.299 e. The van der Waals surface area contributed by atoms with Gasteiger partial charge >= 0.3 is 0 Å². The van der Waals surface area contributed by atoms with Gasteiger partial charge in [-0.1, -0.05) is 0 Å². The second kappa shape index (κ2) is 4.68. The number of nitro benzene ring substituents is 1. The molecule has 0 radical (unpaired) electrons. The molecule has 5 heteroatoms. The Hall–Kier alpha value is -2.04. The fourth-order valence-corrected chi connectivity index (χ4v) is 2.32. The molecule has 0 heterocycles. The van der Waals surface area contributed by atoms with Gasteiger partial charge in [0.15, 0.2) is 5.78 Å². The van der Waals surface area contributed by atoms with Gasteiger partial charge in [0.2, 0.25) is 0 Å². The molecule has 1 aliphatic carbocycles. The van der Waals surface area contributed by atoms with Crippen molar-refractivity contribution in [3.05, 3.63) is 39.4 Å². The van der Waals surface area contributed by atoms with Crippen molar-refractivity contribution in [3.8, 4) is 0 Å². The molecule has 2 rings (SSSR count). The quantitative estimate of drug-likeness (QED) is 0.356. The van der Waals surface area contributed by atoms with Crippen LogP contribution in [0.1, 0.15) is 35.2 Å². The van der Waals surface area contributed by atoms with E-state index in [9.17, 15) is 19.7 Å². The van der Waals surface area contributed by atoms with Crippen LogP contribution in [0.2, 0.25) is 0 Å². The lowest BCUT2D eigenvalue weighted by molar-refractivity contribution is -0.384. The van der Waals surface area contributed by atoms with Gasteiger partial charge in [0.25, 0.3) is 5.69 Å². The second-order valence-electron chi connectivity index (χ2n) is 4.53. The zero-order valence-electron chi connectivity index (χ0n) is 10.0. The van der Waals surface area contributed by atoms with E-state index in [1.54, 1.807) is 6.92 Å². The van der Waals surface area contributed by atoms with E-state index >= 15 is 0 Å². The molecule has 5 nitrogen and oxygen atoms in total. The second-order valence-corrected chi connectivity index (χ2v) is 4.53. The first-order chi connectivity index (χ1) is 8.50. The lowest BCUT2D eigenvalue weighted by Crippen LogP contribution is -2.19. The van der Waals surface area contributed by atoms with Crippen LogP contribution in [0, 0.1) is 23.0 Å². The number of nitro groups is 1. The van der Waals surface area contributed by atoms with Gasteiger partial charge in [-0.25, -0.2) is 0 Å². The summed E-state index contributed by atoms with van der Waals surface area (Å²) >= 11 is 0. The standard InChI is InChI=1S/C13H13NO4/c1-8-7-9(14(17)18)5-6-10(8)13(16)11-3-2-4-12(11)15/h5-7,11H,2-4H2,1H3. The number of nitrogens with zero attached hydrogens (tertiary/aromatic N) is 1. The molecule has 0 N–H and O–H groups in total. The van der Waals surface area contributed by atoms with Crippen LogP contribution >= 0.6 is 0 Å². The summed E-state index contributed by atoms with van der Waals surface area (Å²) in [5.41, 5.74) is 0.927. The van der Waals surface area contributed by atoms with Gasteiger partial charge in [0.05, 0.1) is 10.8 Å². The van der Waals surface area contributed by atoms with E-state index in [0.29, 0.717) is 24.0 Å². The number of non-ortho nitro benzene ring substituents is 1. The number of hydrogen-bond acceptors (Lipinski definition) is 4. The summed E-state index contributed by atoms with van der Waals surface area (Å²) in [6, 6.07) is 4.12. The third-order valence-electron chi connectivity index (χ3n) is 3.31. The molecular formula is C13H13NO4. The largest absolute Gasteiger partial charge is 0.299 e. The van der Waals surface area contributed by atoms with Crippen molar-refractivity contribution in [3.63, 3.8) is 0 Å². The van der Waals surface area contributed by atoms with Crippen LogP contribution in [0.3, 0.4) is 0 Å². The zero-order chi connectivity index (χ0) is 13.3. The van der Waals surface area contributed by atoms with E-state index < -0.39 is 10.8 Å². The first-order valence-corrected chi connectivity index (χ1v) is 5.82. The number of carbonyl (C=O) groups excluding carboxylic acids is 2. The lowest BCUT2D eigenvalue weighted by Gasteiger charge is -2.09. The van der Waals surface area contributed by atoms with Gasteiger partial charge in [-0.15, -0.1) is 0 Å². The summed E-state index contributed by atoms with van der Waals surface area (Å²) in [7, 11) is 0. The molecule has 1 aromatic carbocycles. The van der Waals surface area contributed by atoms with Crippen molar-refractivity contribution in [2.75, 3.05) is 0 Å². The molecule has 0 bridgehead atoms. The van der Waals surface area contributed by atoms with E-state index in [0.717, 1.165) is 6.42 Å². The van der Waals surface area contributed by atoms with Crippen molar-refractivity contribution in [2.24, 2.45) is 5.92 Å². The summed E-state index contributed by atoms with van der Waals surface area (Å²) in [5, 5.41) is 10.6. The van der Waals surface area contributed by atoms with Crippen LogP contribution in [0.4, 0.5) is 5.69 Å². The number of aryl methyl sites for hydroxylation is 1. The Morgan fingerprint density at radius 2 is 2.17 bits per heavy atom. The summed E-state index contributed by atoms with van der Waals surface area (Å²) < 4.78 is 0. The third kappa shape index (κ3) is 2.16. The van der Waals surface area contributed by atoms with Gasteiger partial charge in [0, 0.05) is 24.1 Å². The maximum Gasteiger partial charge on any atom is 0.269 e. The Kier molecular flexibility index (Phi) is 3.23. The number of carbonyl (C=O) groups is 2. The molecule has 94 valence electrons. The number of Topliss-reactive ketones (excluding diaryl/α,β-unsaturated/α-hetero) is 2.